The molecule has 0 fully saturated rings. The van der Waals surface area contributed by atoms with Crippen molar-refractivity contribution in [1.82, 2.24) is 0 Å². The number of hydrogen-bond acceptors (Lipinski definition) is 4. The van der Waals surface area contributed by atoms with E-state index in [9.17, 15) is 4.79 Å². The third-order valence-corrected chi connectivity index (χ3v) is 1.29. The SMILES string of the molecule is CC(C)O.COC(=O)c1ccc(O)cc1. The second-order valence-corrected chi connectivity index (χ2v) is 3.13. The smallest absolute Gasteiger partial charge is 0.337 e. The lowest BCUT2D eigenvalue weighted by Gasteiger charge is -1.97. The maximum Gasteiger partial charge on any atom is 0.337 e. The van der Waals surface area contributed by atoms with E-state index < -0.39 is 5.97 Å². The van der Waals surface area contributed by atoms with Crippen LogP contribution in [-0.2, 0) is 4.74 Å². The van der Waals surface area contributed by atoms with Crippen molar-refractivity contribution in [2.45, 2.75) is 20.0 Å². The molecule has 84 valence electrons. The third-order valence-electron chi connectivity index (χ3n) is 1.29. The Labute approximate surface area is 89.1 Å². The van der Waals surface area contributed by atoms with E-state index in [1.807, 2.05) is 0 Å². The van der Waals surface area contributed by atoms with Crippen LogP contribution < -0.4 is 0 Å². The van der Waals surface area contributed by atoms with Crippen molar-refractivity contribution in [3.05, 3.63) is 29.8 Å². The lowest BCUT2D eigenvalue weighted by Crippen LogP contribution is -1.99. The number of ether oxygens (including phenoxy) is 1. The molecule has 0 saturated heterocycles. The Kier molecular flexibility index (Phi) is 6.13. The summed E-state index contributed by atoms with van der Waals surface area (Å²) in [6, 6.07) is 5.88. The van der Waals surface area contributed by atoms with Gasteiger partial charge in [-0.3, -0.25) is 0 Å². The van der Waals surface area contributed by atoms with Crippen molar-refractivity contribution in [2.24, 2.45) is 0 Å². The molecule has 4 nitrogen and oxygen atoms in total. The zero-order valence-electron chi connectivity index (χ0n) is 9.10. The molecule has 0 saturated carbocycles. The quantitative estimate of drug-likeness (QED) is 0.693. The van der Waals surface area contributed by atoms with Crippen LogP contribution in [0.4, 0.5) is 0 Å². The van der Waals surface area contributed by atoms with Crippen molar-refractivity contribution in [3.8, 4) is 5.75 Å². The normalized spacial score (nSPS) is 9.13. The van der Waals surface area contributed by atoms with E-state index >= 15 is 0 Å². The standard InChI is InChI=1S/C8H8O3.C3H8O/c1-11-8(10)6-2-4-7(9)5-3-6;1-3(2)4/h2-5,9H,1H3;3-4H,1-2H3. The number of phenolic OH excluding ortho intramolecular Hbond substituents is 1. The van der Waals surface area contributed by atoms with Crippen molar-refractivity contribution >= 4 is 5.97 Å². The minimum atomic E-state index is -0.398. The van der Waals surface area contributed by atoms with Gasteiger partial charge >= 0.3 is 5.97 Å². The Morgan fingerprint density at radius 3 is 2.00 bits per heavy atom. The Morgan fingerprint density at radius 1 is 1.27 bits per heavy atom. The van der Waals surface area contributed by atoms with E-state index in [0.717, 1.165) is 0 Å². The number of aliphatic hydroxyl groups is 1. The van der Waals surface area contributed by atoms with Crippen molar-refractivity contribution < 1.29 is 19.7 Å². The number of rotatable bonds is 1. The van der Waals surface area contributed by atoms with Gasteiger partial charge in [0.15, 0.2) is 0 Å². The number of carbonyl (C=O) groups excluding carboxylic acids is 1. The first-order valence-corrected chi connectivity index (χ1v) is 4.52. The number of phenols is 1. The number of aliphatic hydroxyl groups excluding tert-OH is 1. The van der Waals surface area contributed by atoms with E-state index in [4.69, 9.17) is 10.2 Å². The van der Waals surface area contributed by atoms with E-state index in [1.165, 1.54) is 31.4 Å². The lowest BCUT2D eigenvalue weighted by atomic mass is 10.2. The van der Waals surface area contributed by atoms with Gasteiger partial charge in [0.05, 0.1) is 12.7 Å². The van der Waals surface area contributed by atoms with Crippen LogP contribution in [-0.4, -0.2) is 29.4 Å². The summed E-state index contributed by atoms with van der Waals surface area (Å²) in [5, 5.41) is 16.9. The van der Waals surface area contributed by atoms with Gasteiger partial charge in [0.1, 0.15) is 5.75 Å². The summed E-state index contributed by atoms with van der Waals surface area (Å²) < 4.78 is 4.46. The molecule has 0 aliphatic rings. The Hall–Kier alpha value is -1.55. The van der Waals surface area contributed by atoms with E-state index in [1.54, 1.807) is 13.8 Å². The zero-order chi connectivity index (χ0) is 11.8. The first-order valence-electron chi connectivity index (χ1n) is 4.52. The molecule has 2 N–H and O–H groups in total. The molecule has 0 bridgehead atoms. The second-order valence-electron chi connectivity index (χ2n) is 3.13. The van der Waals surface area contributed by atoms with Gasteiger partial charge in [0, 0.05) is 6.10 Å². The second kappa shape index (κ2) is 6.84. The van der Waals surface area contributed by atoms with Crippen LogP contribution in [0.2, 0.25) is 0 Å². The molecule has 0 radical (unpaired) electrons. The van der Waals surface area contributed by atoms with Crippen LogP contribution in [0.5, 0.6) is 5.75 Å². The zero-order valence-corrected chi connectivity index (χ0v) is 9.10. The number of hydrogen-bond donors (Lipinski definition) is 2. The van der Waals surface area contributed by atoms with Crippen molar-refractivity contribution in [1.29, 1.82) is 0 Å². The van der Waals surface area contributed by atoms with Crippen LogP contribution in [0.1, 0.15) is 24.2 Å². The minimum absolute atomic E-state index is 0.137. The average molecular weight is 212 g/mol. The van der Waals surface area contributed by atoms with Gasteiger partial charge in [-0.05, 0) is 38.1 Å². The molecule has 0 atom stereocenters. The number of methoxy groups -OCH3 is 1. The number of esters is 1. The van der Waals surface area contributed by atoms with Crippen LogP contribution in [0, 0.1) is 0 Å². The Bertz CT molecular complexity index is 287. The van der Waals surface area contributed by atoms with Gasteiger partial charge in [-0.25, -0.2) is 4.79 Å². The molecule has 1 rings (SSSR count). The molecule has 0 aliphatic carbocycles. The maximum absolute atomic E-state index is 10.8. The number of aromatic hydroxyl groups is 1. The van der Waals surface area contributed by atoms with Crippen LogP contribution >= 0.6 is 0 Å². The van der Waals surface area contributed by atoms with Gasteiger partial charge in [-0.2, -0.15) is 0 Å². The summed E-state index contributed by atoms with van der Waals surface area (Å²) in [6.07, 6.45) is -0.167. The Balaban J connectivity index is 0.000000423. The largest absolute Gasteiger partial charge is 0.508 e. The summed E-state index contributed by atoms with van der Waals surface area (Å²) >= 11 is 0. The van der Waals surface area contributed by atoms with Crippen molar-refractivity contribution in [2.75, 3.05) is 7.11 Å². The fourth-order valence-corrected chi connectivity index (χ4v) is 0.715. The van der Waals surface area contributed by atoms with Gasteiger partial charge in [-0.1, -0.05) is 0 Å². The van der Waals surface area contributed by atoms with Crippen molar-refractivity contribution in [3.63, 3.8) is 0 Å². The summed E-state index contributed by atoms with van der Waals surface area (Å²) in [6.45, 7) is 3.44. The highest BCUT2D eigenvalue weighted by atomic mass is 16.5. The topological polar surface area (TPSA) is 66.8 Å². The molecule has 4 heteroatoms. The lowest BCUT2D eigenvalue weighted by molar-refractivity contribution is 0.0600. The molecule has 1 aromatic rings. The van der Waals surface area contributed by atoms with Gasteiger partial charge in [0.25, 0.3) is 0 Å². The summed E-state index contributed by atoms with van der Waals surface area (Å²) in [4.78, 5) is 10.8. The molecule has 0 amide bonds. The number of benzene rings is 1. The molecule has 0 aromatic heterocycles. The monoisotopic (exact) mass is 212 g/mol. The third kappa shape index (κ3) is 6.51. The van der Waals surface area contributed by atoms with E-state index in [2.05, 4.69) is 4.74 Å². The molecule has 0 spiro atoms. The Morgan fingerprint density at radius 2 is 1.67 bits per heavy atom. The molecule has 1 aromatic carbocycles. The van der Waals surface area contributed by atoms with Gasteiger partial charge in [-0.15, -0.1) is 0 Å². The predicted molar refractivity (Wildman–Crippen MR) is 56.8 cm³/mol. The summed E-state index contributed by atoms with van der Waals surface area (Å²) in [5.74, 6) is -0.261. The highest BCUT2D eigenvalue weighted by Gasteiger charge is 2.02. The highest BCUT2D eigenvalue weighted by Crippen LogP contribution is 2.09. The first kappa shape index (κ1) is 13.4. The average Bonchev–Trinajstić information content (AvgIpc) is 2.17. The molecule has 0 aliphatic heterocycles. The summed E-state index contributed by atoms with van der Waals surface area (Å²) in [7, 11) is 1.31. The number of carbonyl (C=O) groups is 1. The van der Waals surface area contributed by atoms with E-state index in [-0.39, 0.29) is 11.9 Å². The molecule has 15 heavy (non-hydrogen) atoms. The maximum atomic E-state index is 10.8. The predicted octanol–water partition coefficient (Wildman–Crippen LogP) is 1.57. The molecular weight excluding hydrogens is 196 g/mol. The van der Waals surface area contributed by atoms with Gasteiger partial charge in [0.2, 0.25) is 0 Å². The highest BCUT2D eigenvalue weighted by molar-refractivity contribution is 5.89. The fraction of sp³-hybridized carbons (Fsp3) is 0.364. The molecule has 0 heterocycles. The minimum Gasteiger partial charge on any atom is -0.508 e. The van der Waals surface area contributed by atoms with Crippen LogP contribution in [0.3, 0.4) is 0 Å². The summed E-state index contributed by atoms with van der Waals surface area (Å²) in [5.41, 5.74) is 0.435. The molecule has 0 unspecified atom stereocenters. The molecular formula is C11H16O4. The van der Waals surface area contributed by atoms with Crippen LogP contribution in [0.15, 0.2) is 24.3 Å². The van der Waals surface area contributed by atoms with Crippen LogP contribution in [0.25, 0.3) is 0 Å². The fourth-order valence-electron chi connectivity index (χ4n) is 0.715. The van der Waals surface area contributed by atoms with E-state index in [0.29, 0.717) is 5.56 Å². The first-order chi connectivity index (χ1) is 6.97. The van der Waals surface area contributed by atoms with Gasteiger partial charge < -0.3 is 14.9 Å².